The molecule has 0 saturated carbocycles. The normalized spacial score (nSPS) is 11.4. The number of carboxylic acid groups (broad SMARTS) is 1. The average molecular weight is 360 g/mol. The topological polar surface area (TPSA) is 63.6 Å². The van der Waals surface area contributed by atoms with E-state index >= 15 is 0 Å². The highest BCUT2D eigenvalue weighted by Gasteiger charge is 2.27. The summed E-state index contributed by atoms with van der Waals surface area (Å²) in [7, 11) is 0. The molecular formula is C10H16Br2O4. The smallest absolute Gasteiger partial charge is 0.303 e. The fourth-order valence-electron chi connectivity index (χ4n) is 1.04. The number of alkyl halides is 2. The van der Waals surface area contributed by atoms with E-state index < -0.39 is 11.6 Å². The summed E-state index contributed by atoms with van der Waals surface area (Å²) in [6, 6.07) is 0. The highest BCUT2D eigenvalue weighted by atomic mass is 79.9. The van der Waals surface area contributed by atoms with E-state index in [0.717, 1.165) is 19.1 Å². The van der Waals surface area contributed by atoms with E-state index in [9.17, 15) is 9.59 Å². The molecule has 0 rings (SSSR count). The van der Waals surface area contributed by atoms with Gasteiger partial charge in [-0.05, 0) is 12.8 Å². The standard InChI is InChI=1S/C10H16Br2O4/c11-6-10(7-12,8-13)16-5-3-1-2-4-9(14)15/h8H,1-7H2,(H,14,15). The van der Waals surface area contributed by atoms with Crippen LogP contribution in [0.15, 0.2) is 0 Å². The van der Waals surface area contributed by atoms with Crippen molar-refractivity contribution in [3.63, 3.8) is 0 Å². The molecular weight excluding hydrogens is 344 g/mol. The molecule has 0 aliphatic carbocycles. The van der Waals surface area contributed by atoms with Gasteiger partial charge in [0.25, 0.3) is 0 Å². The van der Waals surface area contributed by atoms with Gasteiger partial charge in [0.2, 0.25) is 0 Å². The second-order valence-corrected chi connectivity index (χ2v) is 4.62. The zero-order chi connectivity index (χ0) is 12.4. The number of rotatable bonds is 10. The molecule has 1 N–H and O–H groups in total. The van der Waals surface area contributed by atoms with Crippen molar-refractivity contribution in [2.24, 2.45) is 0 Å². The van der Waals surface area contributed by atoms with Crippen LogP contribution in [0.3, 0.4) is 0 Å². The Morgan fingerprint density at radius 2 is 1.88 bits per heavy atom. The summed E-state index contributed by atoms with van der Waals surface area (Å²) in [6.07, 6.45) is 3.19. The molecule has 0 amide bonds. The largest absolute Gasteiger partial charge is 0.481 e. The molecule has 94 valence electrons. The van der Waals surface area contributed by atoms with Crippen LogP contribution >= 0.6 is 31.9 Å². The molecule has 0 heterocycles. The van der Waals surface area contributed by atoms with Gasteiger partial charge in [0.1, 0.15) is 5.60 Å². The first kappa shape index (κ1) is 16.1. The second-order valence-electron chi connectivity index (χ2n) is 3.50. The van der Waals surface area contributed by atoms with Crippen LogP contribution in [0, 0.1) is 0 Å². The predicted molar refractivity (Wildman–Crippen MR) is 68.4 cm³/mol. The SMILES string of the molecule is O=CC(CBr)(CBr)OCCCCCC(=O)O. The first-order chi connectivity index (χ1) is 7.60. The van der Waals surface area contributed by atoms with Gasteiger partial charge in [-0.25, -0.2) is 0 Å². The molecule has 0 atom stereocenters. The lowest BCUT2D eigenvalue weighted by Crippen LogP contribution is -2.38. The third-order valence-corrected chi connectivity index (χ3v) is 3.99. The number of carbonyl (C=O) groups excluding carboxylic acids is 1. The van der Waals surface area contributed by atoms with Crippen molar-refractivity contribution in [3.8, 4) is 0 Å². The monoisotopic (exact) mass is 358 g/mol. The molecule has 0 unspecified atom stereocenters. The minimum atomic E-state index is -0.799. The zero-order valence-electron chi connectivity index (χ0n) is 8.95. The lowest BCUT2D eigenvalue weighted by molar-refractivity contribution is -0.137. The maximum absolute atomic E-state index is 10.8. The van der Waals surface area contributed by atoms with E-state index in [4.69, 9.17) is 9.84 Å². The van der Waals surface area contributed by atoms with Gasteiger partial charge >= 0.3 is 5.97 Å². The molecule has 0 bridgehead atoms. The Kier molecular flexibility index (Phi) is 9.16. The fraction of sp³-hybridized carbons (Fsp3) is 0.800. The van der Waals surface area contributed by atoms with Gasteiger partial charge in [-0.2, -0.15) is 0 Å². The lowest BCUT2D eigenvalue weighted by atomic mass is 10.1. The van der Waals surface area contributed by atoms with Crippen molar-refractivity contribution < 1.29 is 19.4 Å². The van der Waals surface area contributed by atoms with Gasteiger partial charge in [0, 0.05) is 23.7 Å². The number of hydrogen-bond donors (Lipinski definition) is 1. The van der Waals surface area contributed by atoms with E-state index in [1.165, 1.54) is 0 Å². The average Bonchev–Trinajstić information content (AvgIpc) is 2.29. The number of carbonyl (C=O) groups is 2. The molecule has 0 aromatic rings. The molecule has 0 radical (unpaired) electrons. The van der Waals surface area contributed by atoms with Crippen LogP contribution in [0.5, 0.6) is 0 Å². The van der Waals surface area contributed by atoms with E-state index in [0.29, 0.717) is 23.7 Å². The number of hydrogen-bond acceptors (Lipinski definition) is 3. The van der Waals surface area contributed by atoms with Crippen molar-refractivity contribution in [3.05, 3.63) is 0 Å². The molecule has 6 heteroatoms. The van der Waals surface area contributed by atoms with Gasteiger partial charge in [-0.15, -0.1) is 0 Å². The van der Waals surface area contributed by atoms with Crippen LogP contribution in [-0.2, 0) is 14.3 Å². The Labute approximate surface area is 112 Å². The number of unbranched alkanes of at least 4 members (excludes halogenated alkanes) is 2. The van der Waals surface area contributed by atoms with E-state index in [2.05, 4.69) is 31.9 Å². The van der Waals surface area contributed by atoms with Crippen molar-refractivity contribution in [2.75, 3.05) is 17.3 Å². The van der Waals surface area contributed by atoms with Gasteiger partial charge < -0.3 is 14.6 Å². The van der Waals surface area contributed by atoms with Crippen molar-refractivity contribution in [2.45, 2.75) is 31.3 Å². The maximum Gasteiger partial charge on any atom is 0.303 e. The van der Waals surface area contributed by atoms with Crippen LogP contribution < -0.4 is 0 Å². The van der Waals surface area contributed by atoms with E-state index in [-0.39, 0.29) is 6.42 Å². The first-order valence-corrected chi connectivity index (χ1v) is 7.28. The van der Waals surface area contributed by atoms with Crippen LogP contribution in [0.25, 0.3) is 0 Å². The number of aliphatic carboxylic acids is 1. The van der Waals surface area contributed by atoms with Gasteiger partial charge in [-0.3, -0.25) is 4.79 Å². The number of ether oxygens (including phenoxy) is 1. The van der Waals surface area contributed by atoms with Crippen molar-refractivity contribution in [1.29, 1.82) is 0 Å². The Bertz CT molecular complexity index is 217. The molecule has 0 fully saturated rings. The number of halogens is 2. The maximum atomic E-state index is 10.8. The highest BCUT2D eigenvalue weighted by molar-refractivity contribution is 9.09. The Balaban J connectivity index is 3.63. The minimum absolute atomic E-state index is 0.190. The fourth-order valence-corrected chi connectivity index (χ4v) is 2.56. The molecule has 0 saturated heterocycles. The summed E-state index contributed by atoms with van der Waals surface area (Å²) < 4.78 is 5.48. The van der Waals surface area contributed by atoms with Crippen LogP contribution in [-0.4, -0.2) is 40.2 Å². The lowest BCUT2D eigenvalue weighted by Gasteiger charge is -2.23. The van der Waals surface area contributed by atoms with E-state index in [1.54, 1.807) is 0 Å². The molecule has 0 aliphatic rings. The highest BCUT2D eigenvalue weighted by Crippen LogP contribution is 2.16. The Morgan fingerprint density at radius 1 is 1.25 bits per heavy atom. The van der Waals surface area contributed by atoms with Crippen LogP contribution in [0.4, 0.5) is 0 Å². The van der Waals surface area contributed by atoms with Crippen molar-refractivity contribution in [1.82, 2.24) is 0 Å². The van der Waals surface area contributed by atoms with Gasteiger partial charge in [0.05, 0.1) is 0 Å². The minimum Gasteiger partial charge on any atom is -0.481 e. The summed E-state index contributed by atoms with van der Waals surface area (Å²) in [5.74, 6) is -0.774. The number of carboxylic acids is 1. The summed E-state index contributed by atoms with van der Waals surface area (Å²) in [6.45, 7) is 0.468. The molecule has 4 nitrogen and oxygen atoms in total. The second kappa shape index (κ2) is 9.13. The van der Waals surface area contributed by atoms with E-state index in [1.807, 2.05) is 0 Å². The van der Waals surface area contributed by atoms with Crippen LogP contribution in [0.2, 0.25) is 0 Å². The summed E-state index contributed by atoms with van der Waals surface area (Å²) in [5, 5.41) is 9.32. The first-order valence-electron chi connectivity index (χ1n) is 5.04. The molecule has 0 aliphatic heterocycles. The quantitative estimate of drug-likeness (QED) is 0.369. The Hall–Kier alpha value is 0.0600. The van der Waals surface area contributed by atoms with Gasteiger partial charge in [0.15, 0.2) is 6.29 Å². The molecule has 0 aromatic carbocycles. The number of aldehydes is 1. The molecule has 0 spiro atoms. The molecule has 16 heavy (non-hydrogen) atoms. The summed E-state index contributed by atoms with van der Waals surface area (Å²) >= 11 is 6.46. The van der Waals surface area contributed by atoms with Crippen LogP contribution in [0.1, 0.15) is 25.7 Å². The summed E-state index contributed by atoms with van der Waals surface area (Å²) in [4.78, 5) is 21.1. The molecule has 0 aromatic heterocycles. The zero-order valence-corrected chi connectivity index (χ0v) is 12.1. The van der Waals surface area contributed by atoms with Crippen molar-refractivity contribution >= 4 is 44.1 Å². The predicted octanol–water partition coefficient (Wildman–Crippen LogP) is 2.38. The Morgan fingerprint density at radius 3 is 2.31 bits per heavy atom. The van der Waals surface area contributed by atoms with Gasteiger partial charge in [-0.1, -0.05) is 38.3 Å². The summed E-state index contributed by atoms with van der Waals surface area (Å²) in [5.41, 5.74) is -0.799. The third-order valence-electron chi connectivity index (χ3n) is 2.09. The third kappa shape index (κ3) is 6.60.